The lowest BCUT2D eigenvalue weighted by Gasteiger charge is -2.51. The highest BCUT2D eigenvalue weighted by atomic mass is 19.1. The molecule has 4 heterocycles. The third-order valence-corrected chi connectivity index (χ3v) is 8.13. The van der Waals surface area contributed by atoms with Gasteiger partial charge in [-0.25, -0.2) is 14.4 Å². The molecule has 180 valence electrons. The summed E-state index contributed by atoms with van der Waals surface area (Å²) < 4.78 is 23.9. The lowest BCUT2D eigenvalue weighted by molar-refractivity contribution is -0.177. The van der Waals surface area contributed by atoms with E-state index in [1.807, 2.05) is 53.1 Å². The third-order valence-electron chi connectivity index (χ3n) is 8.13. The number of alkyl halides is 1. The van der Waals surface area contributed by atoms with Gasteiger partial charge in [0.2, 0.25) is 0 Å². The SMILES string of the molecule is CC(F)(c1ccccc1)c1ccc(-c2nc(C34CCC(CO)(CC3)OC4)n3ccnc(N)c23)cc1. The van der Waals surface area contributed by atoms with Crippen molar-refractivity contribution in [3.05, 3.63) is 83.9 Å². The number of halogens is 1. The Morgan fingerprint density at radius 1 is 1.06 bits per heavy atom. The monoisotopic (exact) mass is 472 g/mol. The van der Waals surface area contributed by atoms with Crippen LogP contribution in [0, 0.1) is 0 Å². The van der Waals surface area contributed by atoms with E-state index in [1.54, 1.807) is 25.3 Å². The summed E-state index contributed by atoms with van der Waals surface area (Å²) in [6.07, 6.45) is 6.98. The van der Waals surface area contributed by atoms with Crippen molar-refractivity contribution in [1.82, 2.24) is 14.4 Å². The summed E-state index contributed by atoms with van der Waals surface area (Å²) in [5.74, 6) is 1.31. The number of ether oxygens (including phenoxy) is 1. The molecule has 6 nitrogen and oxygen atoms in total. The van der Waals surface area contributed by atoms with Crippen LogP contribution in [0.25, 0.3) is 16.8 Å². The number of rotatable bonds is 5. The molecule has 7 rings (SSSR count). The van der Waals surface area contributed by atoms with E-state index in [0.717, 1.165) is 48.3 Å². The maximum atomic E-state index is 15.7. The Morgan fingerprint density at radius 3 is 2.37 bits per heavy atom. The molecule has 2 saturated heterocycles. The molecule has 2 bridgehead atoms. The van der Waals surface area contributed by atoms with E-state index in [0.29, 0.717) is 23.6 Å². The second-order valence-electron chi connectivity index (χ2n) is 10.2. The van der Waals surface area contributed by atoms with E-state index in [4.69, 9.17) is 15.5 Å². The van der Waals surface area contributed by atoms with Gasteiger partial charge in [0.1, 0.15) is 22.9 Å². The summed E-state index contributed by atoms with van der Waals surface area (Å²) in [6, 6.07) is 16.6. The van der Waals surface area contributed by atoms with Gasteiger partial charge < -0.3 is 15.6 Å². The maximum absolute atomic E-state index is 15.7. The Labute approximate surface area is 203 Å². The molecular formula is C28H29FN4O2. The summed E-state index contributed by atoms with van der Waals surface area (Å²) in [4.78, 5) is 9.44. The highest BCUT2D eigenvalue weighted by Crippen LogP contribution is 2.50. The largest absolute Gasteiger partial charge is 0.393 e. The molecule has 3 N–H and O–H groups in total. The molecule has 2 aromatic heterocycles. The smallest absolute Gasteiger partial charge is 0.158 e. The predicted molar refractivity (Wildman–Crippen MR) is 133 cm³/mol. The van der Waals surface area contributed by atoms with E-state index in [-0.39, 0.29) is 12.0 Å². The Bertz CT molecular complexity index is 1360. The van der Waals surface area contributed by atoms with E-state index >= 15 is 4.39 Å². The van der Waals surface area contributed by atoms with Crippen molar-refractivity contribution >= 4 is 11.3 Å². The van der Waals surface area contributed by atoms with Gasteiger partial charge in [-0.3, -0.25) is 4.40 Å². The molecule has 0 amide bonds. The van der Waals surface area contributed by atoms with E-state index in [1.165, 1.54) is 0 Å². The maximum Gasteiger partial charge on any atom is 0.158 e. The van der Waals surface area contributed by atoms with Gasteiger partial charge in [0.15, 0.2) is 5.67 Å². The number of aliphatic hydroxyl groups is 1. The number of fused-ring (bicyclic) bond motifs is 4. The minimum absolute atomic E-state index is 0.0519. The lowest BCUT2D eigenvalue weighted by atomic mass is 9.66. The molecule has 4 aromatic rings. The number of hydrogen-bond donors (Lipinski definition) is 2. The van der Waals surface area contributed by atoms with Crippen LogP contribution in [0.3, 0.4) is 0 Å². The number of nitrogen functional groups attached to an aromatic ring is 1. The van der Waals surface area contributed by atoms with E-state index in [2.05, 4.69) is 4.98 Å². The third kappa shape index (κ3) is 3.37. The van der Waals surface area contributed by atoms with Crippen LogP contribution in [-0.2, 0) is 15.8 Å². The molecule has 7 heteroatoms. The number of nitrogens with zero attached hydrogens (tertiary/aromatic N) is 3. The van der Waals surface area contributed by atoms with Crippen molar-refractivity contribution in [3.8, 4) is 11.3 Å². The lowest BCUT2D eigenvalue weighted by Crippen LogP contribution is -2.55. The van der Waals surface area contributed by atoms with Crippen LogP contribution in [0.2, 0.25) is 0 Å². The van der Waals surface area contributed by atoms with Crippen molar-refractivity contribution in [3.63, 3.8) is 0 Å². The molecule has 0 spiro atoms. The van der Waals surface area contributed by atoms with Gasteiger partial charge in [0.25, 0.3) is 0 Å². The first-order valence-electron chi connectivity index (χ1n) is 12.1. The van der Waals surface area contributed by atoms with E-state index < -0.39 is 11.3 Å². The fourth-order valence-electron chi connectivity index (χ4n) is 5.75. The fraction of sp³-hybridized carbons (Fsp3) is 0.357. The number of aliphatic hydroxyl groups excluding tert-OH is 1. The molecule has 1 aliphatic carbocycles. The standard InChI is InChI=1S/C28H29FN4O2/c1-26(29,20-5-3-2-4-6-20)21-9-7-19(8-10-21)22-23-24(30)31-15-16-33(23)25(32-22)27-11-13-28(17-34,14-12-27)35-18-27/h2-10,15-16,34H,11-14,17-18H2,1H3,(H2,30,31). The Morgan fingerprint density at radius 2 is 1.74 bits per heavy atom. The van der Waals surface area contributed by atoms with Gasteiger partial charge in [0, 0.05) is 18.0 Å². The Balaban J connectivity index is 1.42. The summed E-state index contributed by atoms with van der Waals surface area (Å²) in [5.41, 5.74) is 7.62. The Kier molecular flexibility index (Phi) is 4.99. The highest BCUT2D eigenvalue weighted by molar-refractivity contribution is 5.85. The van der Waals surface area contributed by atoms with Crippen LogP contribution in [-0.4, -0.2) is 38.3 Å². The highest BCUT2D eigenvalue weighted by Gasteiger charge is 2.52. The zero-order valence-corrected chi connectivity index (χ0v) is 19.7. The molecular weight excluding hydrogens is 443 g/mol. The second-order valence-corrected chi connectivity index (χ2v) is 10.2. The first kappa shape index (κ1) is 22.2. The Hall–Kier alpha value is -3.29. The van der Waals surface area contributed by atoms with Crippen molar-refractivity contribution in [2.24, 2.45) is 0 Å². The number of aromatic nitrogens is 3. The first-order valence-corrected chi connectivity index (χ1v) is 12.1. The van der Waals surface area contributed by atoms with Crippen LogP contribution >= 0.6 is 0 Å². The van der Waals surface area contributed by atoms with Crippen LogP contribution in [0.5, 0.6) is 0 Å². The van der Waals surface area contributed by atoms with Crippen molar-refractivity contribution in [2.75, 3.05) is 18.9 Å². The van der Waals surface area contributed by atoms with Crippen molar-refractivity contribution in [1.29, 1.82) is 0 Å². The number of imidazole rings is 1. The fourth-order valence-corrected chi connectivity index (χ4v) is 5.75. The van der Waals surface area contributed by atoms with Crippen molar-refractivity contribution < 1.29 is 14.2 Å². The molecule has 1 unspecified atom stereocenters. The minimum Gasteiger partial charge on any atom is -0.393 e. The molecule has 3 aliphatic rings. The van der Waals surface area contributed by atoms with Gasteiger partial charge in [-0.15, -0.1) is 0 Å². The number of nitrogens with two attached hydrogens (primary N) is 1. The van der Waals surface area contributed by atoms with Crippen LogP contribution < -0.4 is 5.73 Å². The summed E-state index contributed by atoms with van der Waals surface area (Å²) in [7, 11) is 0. The van der Waals surface area contributed by atoms with Crippen LogP contribution in [0.15, 0.2) is 67.0 Å². The van der Waals surface area contributed by atoms with Crippen LogP contribution in [0.1, 0.15) is 49.6 Å². The molecule has 1 atom stereocenters. The molecule has 1 saturated carbocycles. The second kappa shape index (κ2) is 7.86. The average Bonchev–Trinajstić information content (AvgIpc) is 3.32. The molecule has 35 heavy (non-hydrogen) atoms. The summed E-state index contributed by atoms with van der Waals surface area (Å²) in [6.45, 7) is 2.15. The van der Waals surface area contributed by atoms with Crippen molar-refractivity contribution in [2.45, 2.75) is 49.3 Å². The van der Waals surface area contributed by atoms with Gasteiger partial charge in [-0.2, -0.15) is 0 Å². The quantitative estimate of drug-likeness (QED) is 0.436. The van der Waals surface area contributed by atoms with Gasteiger partial charge >= 0.3 is 0 Å². The molecule has 0 radical (unpaired) electrons. The van der Waals surface area contributed by atoms with E-state index in [9.17, 15) is 5.11 Å². The number of benzene rings is 2. The average molecular weight is 473 g/mol. The predicted octanol–water partition coefficient (Wildman–Crippen LogP) is 4.78. The minimum atomic E-state index is -1.61. The molecule has 3 fully saturated rings. The summed E-state index contributed by atoms with van der Waals surface area (Å²) in [5, 5.41) is 9.84. The molecule has 2 aliphatic heterocycles. The molecule has 2 aromatic carbocycles. The zero-order valence-electron chi connectivity index (χ0n) is 19.7. The first-order chi connectivity index (χ1) is 16.9. The normalized spacial score (nSPS) is 25.6. The van der Waals surface area contributed by atoms with Gasteiger partial charge in [-0.1, -0.05) is 54.6 Å². The number of hydrogen-bond acceptors (Lipinski definition) is 5. The van der Waals surface area contributed by atoms with Crippen LogP contribution in [0.4, 0.5) is 10.2 Å². The summed E-state index contributed by atoms with van der Waals surface area (Å²) >= 11 is 0. The number of anilines is 1. The topological polar surface area (TPSA) is 85.7 Å². The van der Waals surface area contributed by atoms with Gasteiger partial charge in [-0.05, 0) is 43.7 Å². The zero-order chi connectivity index (χ0) is 24.3. The van der Waals surface area contributed by atoms with Gasteiger partial charge in [0.05, 0.1) is 24.2 Å².